The number of aryl methyl sites for hydroxylation is 1. The Balaban J connectivity index is -0.0000000401. The second kappa shape index (κ2) is 162. The van der Waals surface area contributed by atoms with Crippen LogP contribution in [-0.4, -0.2) is 222 Å². The highest BCUT2D eigenvalue weighted by molar-refractivity contribution is 5.96. The Morgan fingerprint density at radius 1 is 0.422 bits per heavy atom. The molecule has 0 aliphatic carbocycles. The Hall–Kier alpha value is -7.33. The number of hydrogen-bond acceptors (Lipinski definition) is 25. The number of carbonyl (C=O) groups excluding carboxylic acids is 15. The Labute approximate surface area is 668 Å². The van der Waals surface area contributed by atoms with Gasteiger partial charge in [0.25, 0.3) is 0 Å². The van der Waals surface area contributed by atoms with E-state index in [0.717, 1.165) is 49.4 Å². The molecule has 1 aromatic rings. The van der Waals surface area contributed by atoms with E-state index in [-0.39, 0.29) is 48.2 Å². The summed E-state index contributed by atoms with van der Waals surface area (Å²) < 4.78 is 0. The van der Waals surface area contributed by atoms with Crippen molar-refractivity contribution in [2.45, 2.75) is 274 Å². The maximum Gasteiger partial charge on any atom is 0.245 e. The van der Waals surface area contributed by atoms with E-state index in [4.69, 9.17) is 48.3 Å². The number of rotatable bonds is 19. The van der Waals surface area contributed by atoms with Crippen LogP contribution in [-0.2, 0) is 78.3 Å². The highest BCUT2D eigenvalue weighted by atomic mass is 16.3. The second-order valence-corrected chi connectivity index (χ2v) is 22.5. The zero-order valence-electron chi connectivity index (χ0n) is 76.2. The molecule has 6 amide bonds. The summed E-state index contributed by atoms with van der Waals surface area (Å²) in [6.45, 7) is 69.3. The quantitative estimate of drug-likeness (QED) is 0.0613. The Bertz CT molecular complexity index is 1710. The van der Waals surface area contributed by atoms with Gasteiger partial charge in [-0.3, -0.25) is 28.8 Å². The molecule has 109 heavy (non-hydrogen) atoms. The molecular weight excluding hydrogens is 1400 g/mol. The van der Waals surface area contributed by atoms with E-state index in [9.17, 15) is 28.8 Å². The van der Waals surface area contributed by atoms with Crippen molar-refractivity contribution in [3.05, 3.63) is 35.9 Å². The van der Waals surface area contributed by atoms with Crippen LogP contribution in [0, 0.1) is 35.5 Å². The van der Waals surface area contributed by atoms with Crippen molar-refractivity contribution in [3.63, 3.8) is 0 Å². The van der Waals surface area contributed by atoms with Crippen LogP contribution >= 0.6 is 0 Å². The normalized spacial score (nSPS) is 10.0. The van der Waals surface area contributed by atoms with Crippen LogP contribution in [0.4, 0.5) is 0 Å². The minimum atomic E-state index is -0.957. The predicted octanol–water partition coefficient (Wildman–Crippen LogP) is 9.42. The van der Waals surface area contributed by atoms with Gasteiger partial charge in [0.15, 0.2) is 0 Å². The molecule has 31 nitrogen and oxygen atoms in total. The van der Waals surface area contributed by atoms with Crippen LogP contribution in [0.3, 0.4) is 0 Å². The first-order valence-electron chi connectivity index (χ1n) is 35.7. The number of piperidine rings is 1. The van der Waals surface area contributed by atoms with Crippen LogP contribution in [0.15, 0.2) is 30.3 Å². The number of hydrogen-bond donors (Lipinski definition) is 13. The first-order chi connectivity index (χ1) is 50.2. The third kappa shape index (κ3) is 154. The molecular formula is C78H183N15O16. The molecule has 31 heteroatoms. The van der Waals surface area contributed by atoms with Gasteiger partial charge in [0.2, 0.25) is 35.4 Å². The van der Waals surface area contributed by atoms with Crippen molar-refractivity contribution in [2.24, 2.45) is 69.9 Å². The van der Waals surface area contributed by atoms with Crippen molar-refractivity contribution in [1.29, 1.82) is 0 Å². The van der Waals surface area contributed by atoms with Gasteiger partial charge < -0.3 is 132 Å². The van der Waals surface area contributed by atoms with Gasteiger partial charge in [-0.25, -0.2) is 0 Å². The van der Waals surface area contributed by atoms with Gasteiger partial charge in [0.05, 0.1) is 0 Å². The number of nitrogens with one attached hydrogen (secondary N) is 3. The number of nitrogens with two attached hydrogens (primary N) is 6. The van der Waals surface area contributed by atoms with Gasteiger partial charge in [0.1, 0.15) is 91.3 Å². The smallest absolute Gasteiger partial charge is 0.245 e. The van der Waals surface area contributed by atoms with Gasteiger partial charge in [0, 0.05) is 40.2 Å². The van der Waals surface area contributed by atoms with E-state index >= 15 is 0 Å². The molecule has 2 rings (SSSR count). The largest absolute Gasteiger partial charge is 0.394 e. The summed E-state index contributed by atoms with van der Waals surface area (Å²) in [6.07, 6.45) is 10.2. The molecule has 25 N–H and O–H groups in total. The summed E-state index contributed by atoms with van der Waals surface area (Å²) in [6, 6.07) is 6.18. The van der Waals surface area contributed by atoms with E-state index in [1.165, 1.54) is 104 Å². The van der Waals surface area contributed by atoms with Crippen LogP contribution in [0.2, 0.25) is 0 Å². The van der Waals surface area contributed by atoms with Gasteiger partial charge in [-0.2, -0.15) is 0 Å². The molecule has 1 aromatic carbocycles. The number of benzene rings is 1. The molecule has 1 heterocycles. The lowest BCUT2D eigenvalue weighted by Crippen LogP contribution is -2.59. The van der Waals surface area contributed by atoms with E-state index in [1.807, 2.05) is 94.9 Å². The second-order valence-electron chi connectivity index (χ2n) is 22.5. The molecule has 666 valence electrons. The standard InChI is InChI=1S/C30H54N6O6.C8H10.4C5H12.C3H8O.C2H6.6CH5N.9CH2O.3H3N/c1-18(2)14-15-24(32-27(39)21(6)34(9)23(8)37)28(40)33-25(19(3)4)30(42)35(10)22(7)26(38)31-20(5)29(41)36-16-12-11-13-17-36;1-2-8-6-4-3-5-7-8;4*1-4-5(2)3;1-3(2)4;16*1-2;;;/h18-22,24-25H,11-17H2,1-10H3,(H,31,38)(H,32,39)(H,33,40);3-7H,2H2,1H3;4*5H,4H2,1-3H3;3-4H,1-2H3;1-2H3;6*2H2,1H3;9*1H2;3*1H3/t20-,21-,22-,24-,25-;;;;;;;;;;;;;;;;;;;;;;;;;/m0........................./s1. The fourth-order valence-electron chi connectivity index (χ4n) is 5.36. The van der Waals surface area contributed by atoms with E-state index in [1.54, 1.807) is 53.4 Å². The maximum atomic E-state index is 13.5. The summed E-state index contributed by atoms with van der Waals surface area (Å²) in [5.41, 5.74) is 28.4. The molecule has 1 fully saturated rings. The molecule has 0 radical (unpaired) electrons. The van der Waals surface area contributed by atoms with Crippen molar-refractivity contribution in [2.75, 3.05) is 69.5 Å². The predicted molar refractivity (Wildman–Crippen MR) is 466 cm³/mol. The number of carbonyl (C=O) groups is 15. The highest BCUT2D eigenvalue weighted by Crippen LogP contribution is 2.14. The van der Waals surface area contributed by atoms with Gasteiger partial charge in [-0.15, -0.1) is 0 Å². The van der Waals surface area contributed by atoms with Gasteiger partial charge >= 0.3 is 0 Å². The van der Waals surface area contributed by atoms with E-state index < -0.39 is 53.8 Å². The zero-order chi connectivity index (χ0) is 90.8. The molecule has 0 unspecified atom stereocenters. The summed E-state index contributed by atoms with van der Waals surface area (Å²) in [5, 5.41) is 16.3. The monoisotopic (exact) mass is 1590 g/mol. The van der Waals surface area contributed by atoms with E-state index in [0.29, 0.717) is 25.9 Å². The lowest BCUT2D eigenvalue weighted by molar-refractivity contribution is -0.144. The van der Waals surface area contributed by atoms with Crippen molar-refractivity contribution >= 4 is 96.5 Å². The summed E-state index contributed by atoms with van der Waals surface area (Å²) in [4.78, 5) is 154. The van der Waals surface area contributed by atoms with Crippen LogP contribution in [0.5, 0.6) is 0 Å². The van der Waals surface area contributed by atoms with Crippen LogP contribution in [0.25, 0.3) is 0 Å². The first kappa shape index (κ1) is 171. The molecule has 1 aliphatic rings. The minimum absolute atomic E-state index is 0. The van der Waals surface area contributed by atoms with Crippen molar-refractivity contribution in [1.82, 2.24) is 49.1 Å². The van der Waals surface area contributed by atoms with Gasteiger partial charge in [-0.1, -0.05) is 188 Å². The number of amides is 6. The number of likely N-dealkylation sites (N-methyl/N-ethyl adjacent to an activating group) is 2. The molecule has 0 aromatic heterocycles. The van der Waals surface area contributed by atoms with Crippen LogP contribution < -0.4 is 68.8 Å². The fourth-order valence-corrected chi connectivity index (χ4v) is 5.36. The lowest BCUT2D eigenvalue weighted by atomic mass is 9.99. The molecule has 0 bridgehead atoms. The number of nitrogens with zero attached hydrogens (tertiary/aromatic N) is 3. The zero-order valence-corrected chi connectivity index (χ0v) is 76.2. The molecule has 5 atom stereocenters. The topological polar surface area (TPSA) is 583 Å². The Morgan fingerprint density at radius 3 is 0.899 bits per heavy atom. The maximum absolute atomic E-state index is 13.5. The Morgan fingerprint density at radius 2 is 0.679 bits per heavy atom. The van der Waals surface area contributed by atoms with Crippen molar-refractivity contribution < 1.29 is 77.0 Å². The molecule has 1 saturated heterocycles. The SMILES string of the molecule is C=O.C=O.C=O.C=O.C=O.C=O.C=O.C=O.C=O.CC.CC(=O)N(C)[C@@H](C)C(=O)N[C@@H](CCC(C)C)C(=O)N[C@H](C(=O)N(C)[C@@H](C)C(=O)N[C@@H](C)C(=O)N1CCCCC1)C(C)C.CC(C)O.CCC(C)C.CCC(C)C.CCC(C)C.CCC(C)C.CCc1ccccc1.CN.CN.CN.CN.CN.CN.N.N.N. The summed E-state index contributed by atoms with van der Waals surface area (Å²) >= 11 is 0. The van der Waals surface area contributed by atoms with E-state index in [2.05, 4.69) is 165 Å². The molecule has 0 spiro atoms. The average molecular weight is 1590 g/mol. The molecule has 1 aliphatic heterocycles. The fraction of sp³-hybridized carbons (Fsp3) is 0.731. The molecule has 0 saturated carbocycles. The average Bonchev–Trinajstić information content (AvgIpc) is 0.842. The number of likely N-dealkylation sites (tertiary alicyclic amines) is 1. The summed E-state index contributed by atoms with van der Waals surface area (Å²) in [7, 11) is 12.0. The van der Waals surface area contributed by atoms with Crippen LogP contribution in [0.1, 0.15) is 236 Å². The Kier molecular flexibility index (Phi) is 253. The highest BCUT2D eigenvalue weighted by Gasteiger charge is 2.35. The number of aliphatic hydroxyl groups is 1. The summed E-state index contributed by atoms with van der Waals surface area (Å²) in [5.74, 6) is 1.15. The lowest BCUT2D eigenvalue weighted by Gasteiger charge is -2.33. The van der Waals surface area contributed by atoms with Crippen molar-refractivity contribution in [3.8, 4) is 0 Å². The first-order valence-corrected chi connectivity index (χ1v) is 35.7. The third-order valence-corrected chi connectivity index (χ3v) is 12.6. The number of aliphatic hydroxyl groups excluding tert-OH is 1. The third-order valence-electron chi connectivity index (χ3n) is 12.6. The minimum Gasteiger partial charge on any atom is -0.394 e. The van der Waals surface area contributed by atoms with Gasteiger partial charge in [-0.05, 0) is 157 Å².